The number of piperidine rings is 1. The molecule has 6 nitrogen and oxygen atoms in total. The van der Waals surface area contributed by atoms with Crippen LogP contribution >= 0.6 is 11.6 Å². The minimum Gasteiger partial charge on any atom is -0.484 e. The summed E-state index contributed by atoms with van der Waals surface area (Å²) in [6.45, 7) is 3.25. The van der Waals surface area contributed by atoms with E-state index in [1.54, 1.807) is 29.2 Å². The average Bonchev–Trinajstić information content (AvgIpc) is 2.53. The van der Waals surface area contributed by atoms with Gasteiger partial charge in [0, 0.05) is 30.1 Å². The predicted octanol–water partition coefficient (Wildman–Crippen LogP) is 1.13. The van der Waals surface area contributed by atoms with Crippen molar-refractivity contribution in [2.75, 3.05) is 32.8 Å². The van der Waals surface area contributed by atoms with Gasteiger partial charge in [0.2, 0.25) is 5.91 Å². The molecular weight excluding hydrogens is 330 g/mol. The Morgan fingerprint density at radius 1 is 1.17 bits per heavy atom. The second-order valence-electron chi connectivity index (χ2n) is 6.41. The fourth-order valence-corrected chi connectivity index (χ4v) is 3.33. The number of nitrogens with zero attached hydrogens (tertiary/aromatic N) is 2. The lowest BCUT2D eigenvalue weighted by Crippen LogP contribution is -2.63. The molecule has 2 heterocycles. The molecule has 0 spiro atoms. The van der Waals surface area contributed by atoms with Crippen molar-refractivity contribution in [2.45, 2.75) is 18.9 Å². The number of primary amides is 1. The summed E-state index contributed by atoms with van der Waals surface area (Å²) in [5.41, 5.74) is 5.35. The van der Waals surface area contributed by atoms with E-state index < -0.39 is 0 Å². The molecule has 2 fully saturated rings. The third-order valence-corrected chi connectivity index (χ3v) is 5.09. The fraction of sp³-hybridized carbons (Fsp3) is 0.529. The van der Waals surface area contributed by atoms with Crippen LogP contribution in [0.5, 0.6) is 5.75 Å². The van der Waals surface area contributed by atoms with Gasteiger partial charge in [-0.1, -0.05) is 11.6 Å². The number of nitrogens with two attached hydrogens (primary N) is 1. The number of benzene rings is 1. The quantitative estimate of drug-likeness (QED) is 0.862. The Labute approximate surface area is 146 Å². The Morgan fingerprint density at radius 2 is 1.79 bits per heavy atom. The molecule has 0 saturated carbocycles. The van der Waals surface area contributed by atoms with Gasteiger partial charge in [0.05, 0.1) is 0 Å². The molecule has 7 heteroatoms. The van der Waals surface area contributed by atoms with Crippen LogP contribution in [0.25, 0.3) is 0 Å². The van der Waals surface area contributed by atoms with Crippen LogP contribution in [-0.4, -0.2) is 60.4 Å². The fourth-order valence-electron chi connectivity index (χ4n) is 3.21. The molecule has 3 rings (SSSR count). The minimum atomic E-state index is -0.195. The van der Waals surface area contributed by atoms with E-state index in [9.17, 15) is 9.59 Å². The van der Waals surface area contributed by atoms with E-state index in [2.05, 4.69) is 4.90 Å². The van der Waals surface area contributed by atoms with Gasteiger partial charge in [0.25, 0.3) is 5.91 Å². The molecule has 0 radical (unpaired) electrons. The van der Waals surface area contributed by atoms with Crippen molar-refractivity contribution < 1.29 is 14.3 Å². The van der Waals surface area contributed by atoms with Gasteiger partial charge in [-0.25, -0.2) is 0 Å². The monoisotopic (exact) mass is 351 g/mol. The second-order valence-corrected chi connectivity index (χ2v) is 6.84. The Balaban J connectivity index is 1.38. The van der Waals surface area contributed by atoms with Gasteiger partial charge in [-0.2, -0.15) is 0 Å². The van der Waals surface area contributed by atoms with E-state index >= 15 is 0 Å². The van der Waals surface area contributed by atoms with E-state index in [-0.39, 0.29) is 24.3 Å². The first kappa shape index (κ1) is 17.0. The van der Waals surface area contributed by atoms with Crippen molar-refractivity contribution in [3.05, 3.63) is 29.3 Å². The Hall–Kier alpha value is -1.79. The van der Waals surface area contributed by atoms with Gasteiger partial charge >= 0.3 is 0 Å². The van der Waals surface area contributed by atoms with Gasteiger partial charge in [0.1, 0.15) is 5.75 Å². The van der Waals surface area contributed by atoms with Crippen LogP contribution in [0, 0.1) is 5.92 Å². The highest BCUT2D eigenvalue weighted by Gasteiger charge is 2.36. The predicted molar refractivity (Wildman–Crippen MR) is 90.8 cm³/mol. The lowest BCUT2D eigenvalue weighted by atomic mass is 9.94. The summed E-state index contributed by atoms with van der Waals surface area (Å²) in [6, 6.07) is 7.35. The molecule has 2 N–H and O–H groups in total. The van der Waals surface area contributed by atoms with Gasteiger partial charge in [-0.05, 0) is 50.2 Å². The van der Waals surface area contributed by atoms with Crippen molar-refractivity contribution >= 4 is 23.4 Å². The molecule has 0 atom stereocenters. The zero-order valence-corrected chi connectivity index (χ0v) is 14.2. The van der Waals surface area contributed by atoms with Crippen molar-refractivity contribution in [1.82, 2.24) is 9.80 Å². The number of rotatable bonds is 5. The average molecular weight is 352 g/mol. The largest absolute Gasteiger partial charge is 0.484 e. The van der Waals surface area contributed by atoms with Crippen LogP contribution in [0.3, 0.4) is 0 Å². The Kier molecular flexibility index (Phi) is 5.26. The Morgan fingerprint density at radius 3 is 2.38 bits per heavy atom. The summed E-state index contributed by atoms with van der Waals surface area (Å²) in [5.74, 6) is 0.442. The number of carbonyl (C=O) groups is 2. The summed E-state index contributed by atoms with van der Waals surface area (Å²) in [4.78, 5) is 27.5. The van der Waals surface area contributed by atoms with E-state index in [0.29, 0.717) is 16.8 Å². The van der Waals surface area contributed by atoms with Crippen LogP contribution in [0.15, 0.2) is 24.3 Å². The standard InChI is InChI=1S/C17H22ClN3O3/c18-13-1-3-15(4-2-13)24-11-16(22)21-9-14(10-21)20-7-5-12(6-8-20)17(19)23/h1-4,12,14H,5-11H2,(H2,19,23). The molecule has 1 aromatic carbocycles. The molecule has 130 valence electrons. The number of hydrogen-bond donors (Lipinski definition) is 1. The highest BCUT2D eigenvalue weighted by atomic mass is 35.5. The molecule has 2 amide bonds. The first-order chi connectivity index (χ1) is 11.5. The molecule has 0 bridgehead atoms. The lowest BCUT2D eigenvalue weighted by molar-refractivity contribution is -0.141. The van der Waals surface area contributed by atoms with Crippen molar-refractivity contribution in [3.8, 4) is 5.75 Å². The third-order valence-electron chi connectivity index (χ3n) is 4.84. The normalized spacial score (nSPS) is 19.8. The van der Waals surface area contributed by atoms with E-state index in [0.717, 1.165) is 39.0 Å². The number of halogens is 1. The molecular formula is C17H22ClN3O3. The summed E-state index contributed by atoms with van der Waals surface area (Å²) >= 11 is 5.81. The van der Waals surface area contributed by atoms with Crippen LogP contribution in [0.4, 0.5) is 0 Å². The molecule has 0 aliphatic carbocycles. The zero-order valence-electron chi connectivity index (χ0n) is 13.5. The molecule has 1 aromatic rings. The first-order valence-electron chi connectivity index (χ1n) is 8.22. The van der Waals surface area contributed by atoms with Crippen LogP contribution in [0.1, 0.15) is 12.8 Å². The van der Waals surface area contributed by atoms with E-state index in [1.165, 1.54) is 0 Å². The maximum atomic E-state index is 12.1. The molecule has 0 unspecified atom stereocenters. The van der Waals surface area contributed by atoms with Gasteiger partial charge < -0.3 is 15.4 Å². The summed E-state index contributed by atoms with van der Waals surface area (Å²) in [5, 5.41) is 0.638. The zero-order chi connectivity index (χ0) is 17.1. The van der Waals surface area contributed by atoms with E-state index in [4.69, 9.17) is 22.1 Å². The molecule has 2 saturated heterocycles. The van der Waals surface area contributed by atoms with Crippen molar-refractivity contribution in [3.63, 3.8) is 0 Å². The number of likely N-dealkylation sites (tertiary alicyclic amines) is 2. The van der Waals surface area contributed by atoms with Crippen molar-refractivity contribution in [2.24, 2.45) is 11.7 Å². The second kappa shape index (κ2) is 7.40. The highest BCUT2D eigenvalue weighted by molar-refractivity contribution is 6.30. The lowest BCUT2D eigenvalue weighted by Gasteiger charge is -2.47. The van der Waals surface area contributed by atoms with Crippen molar-refractivity contribution in [1.29, 1.82) is 0 Å². The Bertz CT molecular complexity index is 594. The maximum Gasteiger partial charge on any atom is 0.260 e. The first-order valence-corrected chi connectivity index (χ1v) is 8.60. The van der Waals surface area contributed by atoms with Gasteiger partial charge in [-0.3, -0.25) is 14.5 Å². The van der Waals surface area contributed by atoms with Crippen LogP contribution in [-0.2, 0) is 9.59 Å². The molecule has 2 aliphatic heterocycles. The molecule has 24 heavy (non-hydrogen) atoms. The van der Waals surface area contributed by atoms with Crippen LogP contribution in [0.2, 0.25) is 5.02 Å². The number of ether oxygens (including phenoxy) is 1. The topological polar surface area (TPSA) is 75.9 Å². The third kappa shape index (κ3) is 3.99. The highest BCUT2D eigenvalue weighted by Crippen LogP contribution is 2.23. The van der Waals surface area contributed by atoms with Crippen LogP contribution < -0.4 is 10.5 Å². The number of amides is 2. The van der Waals surface area contributed by atoms with E-state index in [1.807, 2.05) is 0 Å². The van der Waals surface area contributed by atoms with Gasteiger partial charge in [-0.15, -0.1) is 0 Å². The number of carbonyl (C=O) groups excluding carboxylic acids is 2. The molecule has 0 aromatic heterocycles. The summed E-state index contributed by atoms with van der Waals surface area (Å²) in [7, 11) is 0. The number of hydrogen-bond acceptors (Lipinski definition) is 4. The van der Waals surface area contributed by atoms with Gasteiger partial charge in [0.15, 0.2) is 6.61 Å². The summed E-state index contributed by atoms with van der Waals surface area (Å²) in [6.07, 6.45) is 1.64. The SMILES string of the molecule is NC(=O)C1CCN(C2CN(C(=O)COc3ccc(Cl)cc3)C2)CC1. The minimum absolute atomic E-state index is 0.00628. The molecule has 2 aliphatic rings. The summed E-state index contributed by atoms with van der Waals surface area (Å²) < 4.78 is 5.49. The maximum absolute atomic E-state index is 12.1. The smallest absolute Gasteiger partial charge is 0.260 e.